The van der Waals surface area contributed by atoms with Gasteiger partial charge in [0.1, 0.15) is 0 Å². The minimum Gasteiger partial charge on any atom is -0.276 e. The van der Waals surface area contributed by atoms with Gasteiger partial charge in [0.2, 0.25) is 0 Å². The molecule has 0 amide bonds. The van der Waals surface area contributed by atoms with E-state index in [1.165, 1.54) is 8.47 Å². The number of halogens is 3. The van der Waals surface area contributed by atoms with E-state index in [-0.39, 0.29) is 0 Å². The minimum absolute atomic E-state index is 0.454. The van der Waals surface area contributed by atoms with Gasteiger partial charge >= 0.3 is 0 Å². The molecule has 0 radical (unpaired) electrons. The van der Waals surface area contributed by atoms with Gasteiger partial charge in [-0.25, -0.2) is 0 Å². The molecule has 0 bridgehead atoms. The van der Waals surface area contributed by atoms with E-state index in [1.54, 1.807) is 11.8 Å². The van der Waals surface area contributed by atoms with Gasteiger partial charge in [-0.2, -0.15) is 5.10 Å². The summed E-state index contributed by atoms with van der Waals surface area (Å²) in [7, 11) is 0. The fourth-order valence-electron chi connectivity index (χ4n) is 1.51. The number of nitrogens with zero attached hydrogens (tertiary/aromatic N) is 1. The number of benzene rings is 2. The first-order valence-corrected chi connectivity index (χ1v) is 9.45. The Hall–Kier alpha value is 0.01000. The molecule has 2 rings (SSSR count). The summed E-state index contributed by atoms with van der Waals surface area (Å²) in [4.78, 5) is 1.17. The molecule has 2 aromatic rings. The van der Waals surface area contributed by atoms with Crippen molar-refractivity contribution in [3.05, 3.63) is 55.2 Å². The number of nitrogens with one attached hydrogen (secondary N) is 1. The highest BCUT2D eigenvalue weighted by molar-refractivity contribution is 14.1. The predicted octanol–water partition coefficient (Wildman–Crippen LogP) is 5.63. The summed E-state index contributed by atoms with van der Waals surface area (Å²) in [5, 5.41) is 4.70. The Labute approximate surface area is 155 Å². The number of hydrogen-bond acceptors (Lipinski definition) is 3. The lowest BCUT2D eigenvalue weighted by molar-refractivity contribution is 1.32. The molecule has 0 spiro atoms. The van der Waals surface area contributed by atoms with E-state index >= 15 is 0 Å². The molecule has 0 unspecified atom stereocenters. The van der Waals surface area contributed by atoms with Gasteiger partial charge in [0.25, 0.3) is 0 Å². The zero-order valence-corrected chi connectivity index (χ0v) is 16.4. The summed E-state index contributed by atoms with van der Waals surface area (Å²) >= 11 is 12.5. The summed E-state index contributed by atoms with van der Waals surface area (Å²) in [6.45, 7) is 0. The van der Waals surface area contributed by atoms with Crippen molar-refractivity contribution < 1.29 is 0 Å². The monoisotopic (exact) mass is 528 g/mol. The van der Waals surface area contributed by atoms with Crippen LogP contribution in [0.5, 0.6) is 0 Å². The highest BCUT2D eigenvalue weighted by atomic mass is 127. The Kier molecular flexibility index (Phi) is 6.44. The number of anilines is 1. The molecule has 20 heavy (non-hydrogen) atoms. The fourth-order valence-corrected chi connectivity index (χ4v) is 3.85. The Balaban J connectivity index is 2.17. The maximum atomic E-state index is 6.24. The summed E-state index contributed by atoms with van der Waals surface area (Å²) in [5.74, 6) is 0. The molecule has 0 fully saturated rings. The number of hydrazone groups is 1. The highest BCUT2D eigenvalue weighted by Gasteiger charge is 2.03. The molecule has 6 heteroatoms. The molecule has 0 atom stereocenters. The second kappa shape index (κ2) is 7.86. The third kappa shape index (κ3) is 4.51. The van der Waals surface area contributed by atoms with Gasteiger partial charge in [0, 0.05) is 17.6 Å². The van der Waals surface area contributed by atoms with E-state index in [2.05, 4.69) is 61.8 Å². The van der Waals surface area contributed by atoms with Crippen LogP contribution in [0.15, 0.2) is 52.5 Å². The minimum atomic E-state index is 0.454. The molecule has 0 aliphatic rings. The molecule has 0 aliphatic carbocycles. The molecule has 2 nitrogen and oxygen atoms in total. The molecular weight excluding hydrogens is 517 g/mol. The van der Waals surface area contributed by atoms with Crippen LogP contribution in [0.3, 0.4) is 0 Å². The third-order valence-corrected chi connectivity index (χ3v) is 5.11. The molecule has 2 aromatic carbocycles. The van der Waals surface area contributed by atoms with Crippen molar-refractivity contribution in [2.24, 2.45) is 5.10 Å². The van der Waals surface area contributed by atoms with Crippen LogP contribution in [0.1, 0.15) is 5.56 Å². The van der Waals surface area contributed by atoms with Crippen molar-refractivity contribution in [3.8, 4) is 0 Å². The van der Waals surface area contributed by atoms with E-state index in [9.17, 15) is 0 Å². The molecule has 0 heterocycles. The Morgan fingerprint density at radius 3 is 2.70 bits per heavy atom. The van der Waals surface area contributed by atoms with Crippen LogP contribution in [0.2, 0.25) is 0 Å². The van der Waals surface area contributed by atoms with Crippen LogP contribution in [0.25, 0.3) is 0 Å². The van der Waals surface area contributed by atoms with Gasteiger partial charge in [-0.05, 0) is 81.8 Å². The van der Waals surface area contributed by atoms with Crippen molar-refractivity contribution in [3.63, 3.8) is 0 Å². The Morgan fingerprint density at radius 1 is 1.20 bits per heavy atom. The van der Waals surface area contributed by atoms with E-state index in [1.807, 2.05) is 42.7 Å². The van der Waals surface area contributed by atoms with Crippen LogP contribution in [-0.4, -0.2) is 11.4 Å². The maximum Gasteiger partial charge on any atom is 0.156 e. The smallest absolute Gasteiger partial charge is 0.156 e. The lowest BCUT2D eigenvalue weighted by Gasteiger charge is -2.06. The van der Waals surface area contributed by atoms with E-state index in [4.69, 9.17) is 11.6 Å². The average Bonchev–Trinajstić information content (AvgIpc) is 2.46. The normalized spacial score (nSPS) is 11.5. The maximum absolute atomic E-state index is 6.24. The van der Waals surface area contributed by atoms with Gasteiger partial charge in [-0.15, -0.1) is 11.8 Å². The van der Waals surface area contributed by atoms with Gasteiger partial charge in [-0.1, -0.05) is 23.7 Å². The Bertz CT molecular complexity index is 647. The van der Waals surface area contributed by atoms with Crippen LogP contribution in [-0.2, 0) is 0 Å². The molecule has 0 aromatic heterocycles. The van der Waals surface area contributed by atoms with Gasteiger partial charge in [-0.3, -0.25) is 5.43 Å². The first-order chi connectivity index (χ1) is 9.60. The molecule has 0 saturated carbocycles. The third-order valence-electron chi connectivity index (χ3n) is 2.51. The van der Waals surface area contributed by atoms with Crippen molar-refractivity contribution >= 4 is 79.4 Å². The SMILES string of the molecule is CSc1cccc(C(Cl)=NNc2ccc(I)cc2I)c1. The van der Waals surface area contributed by atoms with Crippen LogP contribution >= 0.6 is 68.5 Å². The van der Waals surface area contributed by atoms with Crippen molar-refractivity contribution in [2.45, 2.75) is 4.90 Å². The summed E-state index contributed by atoms with van der Waals surface area (Å²) in [5.41, 5.74) is 4.87. The van der Waals surface area contributed by atoms with Crippen LogP contribution < -0.4 is 5.43 Å². The molecule has 0 saturated heterocycles. The first-order valence-electron chi connectivity index (χ1n) is 5.69. The lowest BCUT2D eigenvalue weighted by Crippen LogP contribution is -1.98. The van der Waals surface area contributed by atoms with Crippen molar-refractivity contribution in [2.75, 3.05) is 11.7 Å². The van der Waals surface area contributed by atoms with Crippen LogP contribution in [0, 0.1) is 7.14 Å². The summed E-state index contributed by atoms with van der Waals surface area (Å²) < 4.78 is 2.31. The Morgan fingerprint density at radius 2 is 2.00 bits per heavy atom. The first kappa shape index (κ1) is 16.4. The van der Waals surface area contributed by atoms with E-state index < -0.39 is 0 Å². The van der Waals surface area contributed by atoms with Crippen molar-refractivity contribution in [1.82, 2.24) is 0 Å². The van der Waals surface area contributed by atoms with Gasteiger partial charge in [0.15, 0.2) is 5.17 Å². The van der Waals surface area contributed by atoms with Crippen molar-refractivity contribution in [1.29, 1.82) is 0 Å². The lowest BCUT2D eigenvalue weighted by atomic mass is 10.2. The number of thioether (sulfide) groups is 1. The summed E-state index contributed by atoms with van der Waals surface area (Å²) in [6, 6.07) is 14.1. The predicted molar refractivity (Wildman–Crippen MR) is 106 cm³/mol. The van der Waals surface area contributed by atoms with Gasteiger partial charge < -0.3 is 0 Å². The molecular formula is C14H11ClI2N2S. The topological polar surface area (TPSA) is 24.4 Å². The number of hydrogen-bond donors (Lipinski definition) is 1. The highest BCUT2D eigenvalue weighted by Crippen LogP contribution is 2.21. The van der Waals surface area contributed by atoms with Crippen LogP contribution in [0.4, 0.5) is 5.69 Å². The van der Waals surface area contributed by atoms with Gasteiger partial charge in [0.05, 0.1) is 5.69 Å². The molecule has 0 aliphatic heterocycles. The second-order valence-corrected chi connectivity index (χ2v) is 7.52. The van der Waals surface area contributed by atoms with E-state index in [0.717, 1.165) is 14.8 Å². The largest absolute Gasteiger partial charge is 0.276 e. The second-order valence-electron chi connectivity index (χ2n) is 3.87. The zero-order valence-electron chi connectivity index (χ0n) is 10.5. The molecule has 104 valence electrons. The average molecular weight is 529 g/mol. The quantitative estimate of drug-likeness (QED) is 0.241. The fraction of sp³-hybridized carbons (Fsp3) is 0.0714. The summed E-state index contributed by atoms with van der Waals surface area (Å²) in [6.07, 6.45) is 2.04. The van der Waals surface area contributed by atoms with E-state index in [0.29, 0.717) is 5.17 Å². The zero-order chi connectivity index (χ0) is 14.5. The standard InChI is InChI=1S/C14H11ClI2N2S/c1-20-11-4-2-3-9(7-11)14(15)19-18-13-6-5-10(16)8-12(13)17/h2-8,18H,1H3. The number of rotatable bonds is 4. The molecule has 1 N–H and O–H groups in total.